The molecule has 2 aromatic carbocycles. The van der Waals surface area contributed by atoms with E-state index < -0.39 is 0 Å². The number of amides is 1. The lowest BCUT2D eigenvalue weighted by atomic mass is 10.1. The molecule has 1 amide bonds. The Balaban J connectivity index is 1.68. The Morgan fingerprint density at radius 2 is 1.87 bits per heavy atom. The van der Waals surface area contributed by atoms with Gasteiger partial charge in [-0.05, 0) is 49.4 Å². The maximum atomic E-state index is 12.8. The molecular formula is C22H22N4O4. The van der Waals surface area contributed by atoms with Crippen LogP contribution >= 0.6 is 0 Å². The first kappa shape index (κ1) is 19.5. The van der Waals surface area contributed by atoms with E-state index in [0.717, 1.165) is 11.1 Å². The third-order valence-corrected chi connectivity index (χ3v) is 5.11. The predicted molar refractivity (Wildman–Crippen MR) is 113 cm³/mol. The van der Waals surface area contributed by atoms with E-state index in [9.17, 15) is 9.59 Å². The van der Waals surface area contributed by atoms with Crippen LogP contribution in [0.3, 0.4) is 0 Å². The van der Waals surface area contributed by atoms with Gasteiger partial charge in [0.15, 0.2) is 0 Å². The van der Waals surface area contributed by atoms with Gasteiger partial charge in [0.1, 0.15) is 17.0 Å². The highest BCUT2D eigenvalue weighted by Gasteiger charge is 2.14. The molecule has 0 saturated carbocycles. The number of carbonyl (C=O) groups is 1. The molecule has 8 heteroatoms. The van der Waals surface area contributed by atoms with E-state index in [2.05, 4.69) is 10.4 Å². The Kier molecular flexibility index (Phi) is 5.14. The third kappa shape index (κ3) is 3.26. The maximum absolute atomic E-state index is 12.8. The van der Waals surface area contributed by atoms with Crippen LogP contribution in [0.1, 0.15) is 22.8 Å². The zero-order valence-corrected chi connectivity index (χ0v) is 17.0. The van der Waals surface area contributed by atoms with Gasteiger partial charge in [-0.15, -0.1) is 0 Å². The molecule has 0 atom stereocenters. The zero-order chi connectivity index (χ0) is 21.3. The summed E-state index contributed by atoms with van der Waals surface area (Å²) in [5.74, 6) is 1.09. The summed E-state index contributed by atoms with van der Waals surface area (Å²) >= 11 is 0. The summed E-state index contributed by atoms with van der Waals surface area (Å²) in [5.41, 5.74) is 3.05. The van der Waals surface area contributed by atoms with Gasteiger partial charge >= 0.3 is 0 Å². The van der Waals surface area contributed by atoms with Gasteiger partial charge in [-0.1, -0.05) is 0 Å². The minimum atomic E-state index is -0.252. The van der Waals surface area contributed by atoms with E-state index in [1.54, 1.807) is 59.8 Å². The molecule has 0 aliphatic heterocycles. The molecule has 30 heavy (non-hydrogen) atoms. The Bertz CT molecular complexity index is 1310. The fourth-order valence-corrected chi connectivity index (χ4v) is 3.58. The SMILES string of the molecule is CCn1c(=O)c2ccnn2c2ccc(C(=O)NCc3cc(OC)ccc3OC)cc21. The quantitative estimate of drug-likeness (QED) is 0.532. The Morgan fingerprint density at radius 1 is 1.03 bits per heavy atom. The molecule has 154 valence electrons. The van der Waals surface area contributed by atoms with E-state index in [1.807, 2.05) is 19.1 Å². The van der Waals surface area contributed by atoms with Gasteiger partial charge < -0.3 is 19.4 Å². The van der Waals surface area contributed by atoms with Crippen molar-refractivity contribution < 1.29 is 14.3 Å². The first-order valence-corrected chi connectivity index (χ1v) is 9.56. The van der Waals surface area contributed by atoms with Crippen molar-refractivity contribution in [3.63, 3.8) is 0 Å². The molecule has 4 aromatic rings. The summed E-state index contributed by atoms with van der Waals surface area (Å²) in [7, 11) is 3.17. The number of ether oxygens (including phenoxy) is 2. The van der Waals surface area contributed by atoms with Crippen molar-refractivity contribution in [3.05, 3.63) is 70.1 Å². The second kappa shape index (κ2) is 7.90. The Hall–Kier alpha value is -3.81. The zero-order valence-electron chi connectivity index (χ0n) is 17.0. The van der Waals surface area contributed by atoms with Crippen molar-refractivity contribution in [1.29, 1.82) is 0 Å². The van der Waals surface area contributed by atoms with Crippen molar-refractivity contribution in [3.8, 4) is 11.5 Å². The second-order valence-corrected chi connectivity index (χ2v) is 6.74. The van der Waals surface area contributed by atoms with Gasteiger partial charge in [-0.25, -0.2) is 4.52 Å². The molecule has 0 spiro atoms. The highest BCUT2D eigenvalue weighted by atomic mass is 16.5. The third-order valence-electron chi connectivity index (χ3n) is 5.11. The number of nitrogens with zero attached hydrogens (tertiary/aromatic N) is 3. The minimum absolute atomic E-state index is 0.138. The molecule has 0 unspecified atom stereocenters. The van der Waals surface area contributed by atoms with Crippen LogP contribution in [0.25, 0.3) is 16.6 Å². The van der Waals surface area contributed by atoms with Crippen LogP contribution < -0.4 is 20.3 Å². The predicted octanol–water partition coefficient (Wildman–Crippen LogP) is 2.62. The van der Waals surface area contributed by atoms with Gasteiger partial charge in [0.2, 0.25) is 0 Å². The number of rotatable bonds is 6. The van der Waals surface area contributed by atoms with Crippen LogP contribution in [-0.4, -0.2) is 34.3 Å². The van der Waals surface area contributed by atoms with Crippen LogP contribution in [0.4, 0.5) is 0 Å². The van der Waals surface area contributed by atoms with Crippen molar-refractivity contribution in [2.75, 3.05) is 14.2 Å². The number of carbonyl (C=O) groups excluding carboxylic acids is 1. The van der Waals surface area contributed by atoms with Crippen molar-refractivity contribution >= 4 is 22.5 Å². The van der Waals surface area contributed by atoms with Gasteiger partial charge in [0, 0.05) is 24.2 Å². The highest BCUT2D eigenvalue weighted by molar-refractivity contribution is 5.97. The number of nitrogens with one attached hydrogen (secondary N) is 1. The summed E-state index contributed by atoms with van der Waals surface area (Å²) in [6.45, 7) is 2.66. The van der Waals surface area contributed by atoms with Crippen molar-refractivity contribution in [1.82, 2.24) is 19.5 Å². The van der Waals surface area contributed by atoms with Crippen LogP contribution in [0.15, 0.2) is 53.5 Å². The van der Waals surface area contributed by atoms with Crippen LogP contribution in [0, 0.1) is 0 Å². The molecule has 2 heterocycles. The monoisotopic (exact) mass is 406 g/mol. The fraction of sp³-hybridized carbons (Fsp3) is 0.227. The first-order chi connectivity index (χ1) is 14.6. The summed E-state index contributed by atoms with van der Waals surface area (Å²) < 4.78 is 13.9. The van der Waals surface area contributed by atoms with Crippen LogP contribution in [-0.2, 0) is 13.1 Å². The summed E-state index contributed by atoms with van der Waals surface area (Å²) in [5, 5.41) is 7.15. The Morgan fingerprint density at radius 3 is 2.60 bits per heavy atom. The van der Waals surface area contributed by atoms with E-state index in [4.69, 9.17) is 9.47 Å². The van der Waals surface area contributed by atoms with E-state index in [0.29, 0.717) is 34.6 Å². The van der Waals surface area contributed by atoms with Gasteiger partial charge in [-0.3, -0.25) is 9.59 Å². The lowest BCUT2D eigenvalue weighted by molar-refractivity contribution is 0.0950. The first-order valence-electron chi connectivity index (χ1n) is 9.56. The lowest BCUT2D eigenvalue weighted by Gasteiger charge is -2.13. The molecule has 1 N–H and O–H groups in total. The molecule has 0 bridgehead atoms. The standard InChI is InChI=1S/C22H22N4O4/c1-4-25-19-12-14(5-7-17(19)26-18(22(25)28)9-10-24-26)21(27)23-13-15-11-16(29-2)6-8-20(15)30-3/h5-12H,4,13H2,1-3H3,(H,23,27). The van der Waals surface area contributed by atoms with Crippen molar-refractivity contribution in [2.24, 2.45) is 0 Å². The van der Waals surface area contributed by atoms with E-state index >= 15 is 0 Å². The number of hydrogen-bond acceptors (Lipinski definition) is 5. The number of hydrogen-bond donors (Lipinski definition) is 1. The van der Waals surface area contributed by atoms with Gasteiger partial charge in [0.25, 0.3) is 11.5 Å². The smallest absolute Gasteiger partial charge is 0.277 e. The molecule has 0 saturated heterocycles. The summed E-state index contributed by atoms with van der Waals surface area (Å²) in [6.07, 6.45) is 1.60. The number of methoxy groups -OCH3 is 2. The number of aromatic nitrogens is 3. The van der Waals surface area contributed by atoms with Crippen LogP contribution in [0.2, 0.25) is 0 Å². The van der Waals surface area contributed by atoms with E-state index in [1.165, 1.54) is 0 Å². The second-order valence-electron chi connectivity index (χ2n) is 6.74. The average molecular weight is 406 g/mol. The largest absolute Gasteiger partial charge is 0.497 e. The molecule has 0 fully saturated rings. The van der Waals surface area contributed by atoms with E-state index in [-0.39, 0.29) is 18.0 Å². The van der Waals surface area contributed by atoms with Gasteiger partial charge in [-0.2, -0.15) is 5.10 Å². The normalized spacial score (nSPS) is 11.0. The number of benzene rings is 2. The van der Waals surface area contributed by atoms with Crippen LogP contribution in [0.5, 0.6) is 11.5 Å². The topological polar surface area (TPSA) is 86.9 Å². The lowest BCUT2D eigenvalue weighted by Crippen LogP contribution is -2.25. The molecular weight excluding hydrogens is 384 g/mol. The average Bonchev–Trinajstić information content (AvgIpc) is 3.27. The summed E-state index contributed by atoms with van der Waals surface area (Å²) in [4.78, 5) is 25.6. The molecule has 0 aliphatic carbocycles. The molecule has 0 aliphatic rings. The van der Waals surface area contributed by atoms with Gasteiger partial charge in [0.05, 0.1) is 31.4 Å². The molecule has 4 rings (SSSR count). The number of fused-ring (bicyclic) bond motifs is 3. The van der Waals surface area contributed by atoms with Crippen molar-refractivity contribution in [2.45, 2.75) is 20.0 Å². The minimum Gasteiger partial charge on any atom is -0.497 e. The molecule has 8 nitrogen and oxygen atoms in total. The fourth-order valence-electron chi connectivity index (χ4n) is 3.58. The highest BCUT2D eigenvalue weighted by Crippen LogP contribution is 2.24. The maximum Gasteiger partial charge on any atom is 0.277 e. The number of aryl methyl sites for hydroxylation is 1. The molecule has 0 radical (unpaired) electrons. The summed E-state index contributed by atoms with van der Waals surface area (Å²) in [6, 6.07) is 12.4. The molecule has 2 aromatic heterocycles. The Labute approximate surface area is 172 Å².